The van der Waals surface area contributed by atoms with Gasteiger partial charge in [0, 0.05) is 7.05 Å². The molecule has 28 heavy (non-hydrogen) atoms. The highest BCUT2D eigenvalue weighted by atomic mass is 19.4. The third-order valence-electron chi connectivity index (χ3n) is 4.17. The molecule has 12 heteroatoms. The lowest BCUT2D eigenvalue weighted by molar-refractivity contribution is -0.141. The molecule has 1 unspecified atom stereocenters. The Kier molecular flexibility index (Phi) is 7.00. The molecule has 1 saturated heterocycles. The van der Waals surface area contributed by atoms with Gasteiger partial charge in [-0.1, -0.05) is 0 Å². The van der Waals surface area contributed by atoms with Gasteiger partial charge in [-0.05, 0) is 26.3 Å². The zero-order chi connectivity index (χ0) is 20.9. The summed E-state index contributed by atoms with van der Waals surface area (Å²) < 4.78 is 43.0. The number of likely N-dealkylation sites (tertiary alicyclic amines) is 1. The van der Waals surface area contributed by atoms with E-state index in [1.54, 1.807) is 6.92 Å². The van der Waals surface area contributed by atoms with Gasteiger partial charge in [0.15, 0.2) is 0 Å². The van der Waals surface area contributed by atoms with Crippen LogP contribution in [0.3, 0.4) is 0 Å². The Balaban J connectivity index is 1.98. The van der Waals surface area contributed by atoms with Crippen LogP contribution in [0.4, 0.5) is 19.0 Å². The molecule has 9 nitrogen and oxygen atoms in total. The number of esters is 1. The summed E-state index contributed by atoms with van der Waals surface area (Å²) in [5, 5.41) is 8.31. The summed E-state index contributed by atoms with van der Waals surface area (Å²) in [6.45, 7) is 0.568. The van der Waals surface area contributed by atoms with E-state index in [0.29, 0.717) is 19.4 Å². The van der Waals surface area contributed by atoms with Gasteiger partial charge in [0.2, 0.25) is 11.8 Å². The molecule has 156 valence electrons. The number of amides is 2. The minimum absolute atomic E-state index is 0.0820. The van der Waals surface area contributed by atoms with Crippen LogP contribution in [-0.2, 0) is 21.4 Å². The van der Waals surface area contributed by atoms with Crippen LogP contribution in [0.1, 0.15) is 30.1 Å². The van der Waals surface area contributed by atoms with Crippen molar-refractivity contribution < 1.29 is 32.3 Å². The van der Waals surface area contributed by atoms with E-state index in [9.17, 15) is 27.6 Å². The van der Waals surface area contributed by atoms with Gasteiger partial charge >= 0.3 is 12.1 Å². The van der Waals surface area contributed by atoms with E-state index in [1.165, 1.54) is 22.8 Å². The number of nitrogens with zero attached hydrogens (tertiary/aromatic N) is 3. The van der Waals surface area contributed by atoms with Crippen LogP contribution in [0.2, 0.25) is 0 Å². The molecule has 1 aliphatic rings. The molecule has 0 saturated carbocycles. The van der Waals surface area contributed by atoms with Crippen LogP contribution >= 0.6 is 0 Å². The van der Waals surface area contributed by atoms with Crippen molar-refractivity contribution in [2.45, 2.75) is 32.0 Å². The first-order valence-corrected chi connectivity index (χ1v) is 8.70. The van der Waals surface area contributed by atoms with Crippen LogP contribution in [0.5, 0.6) is 0 Å². The largest absolute Gasteiger partial charge is 0.462 e. The first-order chi connectivity index (χ1) is 13.1. The summed E-state index contributed by atoms with van der Waals surface area (Å²) in [5.74, 6) is -1.79. The molecule has 0 radical (unpaired) electrons. The van der Waals surface area contributed by atoms with Crippen LogP contribution in [0.25, 0.3) is 0 Å². The van der Waals surface area contributed by atoms with Gasteiger partial charge < -0.3 is 15.4 Å². The fourth-order valence-corrected chi connectivity index (χ4v) is 2.92. The molecule has 0 spiro atoms. The van der Waals surface area contributed by atoms with Crippen LogP contribution in [0.15, 0.2) is 6.20 Å². The number of carbonyl (C=O) groups excluding carboxylic acids is 3. The van der Waals surface area contributed by atoms with Crippen molar-refractivity contribution in [1.82, 2.24) is 20.0 Å². The maximum atomic E-state index is 12.4. The molecule has 2 heterocycles. The molecule has 0 bridgehead atoms. The van der Waals surface area contributed by atoms with E-state index in [0.717, 1.165) is 0 Å². The summed E-state index contributed by atoms with van der Waals surface area (Å²) in [6.07, 6.45) is -2.30. The number of aryl methyl sites for hydroxylation is 1. The Labute approximate surface area is 159 Å². The van der Waals surface area contributed by atoms with Crippen molar-refractivity contribution in [2.24, 2.45) is 7.05 Å². The number of carbonyl (C=O) groups is 3. The van der Waals surface area contributed by atoms with Gasteiger partial charge in [0.1, 0.15) is 17.9 Å². The molecule has 2 N–H and O–H groups in total. The normalized spacial score (nSPS) is 17.4. The second-order valence-corrected chi connectivity index (χ2v) is 6.26. The van der Waals surface area contributed by atoms with E-state index in [4.69, 9.17) is 4.74 Å². The maximum Gasteiger partial charge on any atom is 0.405 e. The molecule has 0 aliphatic carbocycles. The first-order valence-electron chi connectivity index (χ1n) is 8.70. The topological polar surface area (TPSA) is 106 Å². The third kappa shape index (κ3) is 5.68. The van der Waals surface area contributed by atoms with Crippen LogP contribution in [-0.4, -0.2) is 70.9 Å². The Morgan fingerprint density at radius 1 is 1.36 bits per heavy atom. The molecule has 1 fully saturated rings. The van der Waals surface area contributed by atoms with E-state index in [2.05, 4.69) is 10.4 Å². The number of rotatable bonds is 7. The Morgan fingerprint density at radius 2 is 2.07 bits per heavy atom. The predicted molar refractivity (Wildman–Crippen MR) is 91.5 cm³/mol. The zero-order valence-corrected chi connectivity index (χ0v) is 15.5. The molecule has 1 aliphatic heterocycles. The van der Waals surface area contributed by atoms with Gasteiger partial charge in [0.05, 0.1) is 25.4 Å². The molecular weight excluding hydrogens is 383 g/mol. The number of alkyl halides is 3. The Morgan fingerprint density at radius 3 is 2.71 bits per heavy atom. The summed E-state index contributed by atoms with van der Waals surface area (Å²) in [7, 11) is 1.53. The van der Waals surface area contributed by atoms with E-state index < -0.39 is 36.5 Å². The van der Waals surface area contributed by atoms with Crippen molar-refractivity contribution in [3.8, 4) is 0 Å². The average molecular weight is 405 g/mol. The standard InChI is InChI=1S/C16H22F3N5O4/c1-3-28-15(27)10-7-21-23(2)13(10)22-12(25)8-24-6-4-5-11(24)14(26)20-9-16(17,18)19/h7,11H,3-6,8-9H2,1-2H3,(H,20,26)(H,22,25). The summed E-state index contributed by atoms with van der Waals surface area (Å²) in [6, 6.07) is -0.816. The fraction of sp³-hybridized carbons (Fsp3) is 0.625. The maximum absolute atomic E-state index is 12.4. The second-order valence-electron chi connectivity index (χ2n) is 6.26. The van der Waals surface area contributed by atoms with E-state index >= 15 is 0 Å². The number of hydrogen-bond acceptors (Lipinski definition) is 6. The quantitative estimate of drug-likeness (QED) is 0.647. The fourth-order valence-electron chi connectivity index (χ4n) is 2.92. The first kappa shape index (κ1) is 21.7. The molecular formula is C16H22F3N5O4. The third-order valence-corrected chi connectivity index (χ3v) is 4.17. The molecule has 2 amide bonds. The zero-order valence-electron chi connectivity index (χ0n) is 15.5. The summed E-state index contributed by atoms with van der Waals surface area (Å²) in [5.41, 5.74) is 0.0820. The number of halogens is 3. The number of hydrogen-bond donors (Lipinski definition) is 2. The van der Waals surface area contributed by atoms with Crippen molar-refractivity contribution in [1.29, 1.82) is 0 Å². The number of nitrogens with one attached hydrogen (secondary N) is 2. The Bertz CT molecular complexity index is 734. The van der Waals surface area contributed by atoms with Crippen molar-refractivity contribution in [3.63, 3.8) is 0 Å². The number of aromatic nitrogens is 2. The van der Waals surface area contributed by atoms with Crippen LogP contribution < -0.4 is 10.6 Å². The van der Waals surface area contributed by atoms with E-state index in [1.807, 2.05) is 5.32 Å². The average Bonchev–Trinajstić information content (AvgIpc) is 3.20. The van der Waals surface area contributed by atoms with Crippen LogP contribution in [0, 0.1) is 0 Å². The van der Waals surface area contributed by atoms with Gasteiger partial charge in [-0.3, -0.25) is 19.2 Å². The summed E-state index contributed by atoms with van der Waals surface area (Å²) >= 11 is 0. The van der Waals surface area contributed by atoms with Gasteiger partial charge in [-0.2, -0.15) is 18.3 Å². The minimum atomic E-state index is -4.50. The minimum Gasteiger partial charge on any atom is -0.462 e. The monoisotopic (exact) mass is 405 g/mol. The second kappa shape index (κ2) is 9.04. The lowest BCUT2D eigenvalue weighted by Gasteiger charge is -2.23. The van der Waals surface area contributed by atoms with Crippen molar-refractivity contribution in [3.05, 3.63) is 11.8 Å². The van der Waals surface area contributed by atoms with Crippen molar-refractivity contribution >= 4 is 23.6 Å². The lowest BCUT2D eigenvalue weighted by atomic mass is 10.2. The lowest BCUT2D eigenvalue weighted by Crippen LogP contribution is -2.48. The van der Waals surface area contributed by atoms with Gasteiger partial charge in [0.25, 0.3) is 0 Å². The molecule has 1 aromatic heterocycles. The number of ether oxygens (including phenoxy) is 1. The summed E-state index contributed by atoms with van der Waals surface area (Å²) in [4.78, 5) is 37.8. The highest BCUT2D eigenvalue weighted by Gasteiger charge is 2.35. The highest BCUT2D eigenvalue weighted by Crippen LogP contribution is 2.20. The molecule has 1 atom stereocenters. The smallest absolute Gasteiger partial charge is 0.405 e. The van der Waals surface area contributed by atoms with E-state index in [-0.39, 0.29) is 24.5 Å². The molecule has 1 aromatic rings. The van der Waals surface area contributed by atoms with Gasteiger partial charge in [-0.15, -0.1) is 0 Å². The predicted octanol–water partition coefficient (Wildman–Crippen LogP) is 0.678. The number of anilines is 1. The van der Waals surface area contributed by atoms with Crippen molar-refractivity contribution in [2.75, 3.05) is 31.6 Å². The Hall–Kier alpha value is -2.63. The molecule has 2 rings (SSSR count). The highest BCUT2D eigenvalue weighted by molar-refractivity contribution is 6.00. The molecule has 0 aromatic carbocycles. The van der Waals surface area contributed by atoms with Gasteiger partial charge in [-0.25, -0.2) is 4.79 Å². The SMILES string of the molecule is CCOC(=O)c1cnn(C)c1NC(=O)CN1CCCC1C(=O)NCC(F)(F)F.